The van der Waals surface area contributed by atoms with Crippen LogP contribution in [0.5, 0.6) is 0 Å². The zero-order valence-electron chi connectivity index (χ0n) is 55.0. The van der Waals surface area contributed by atoms with Crippen molar-refractivity contribution >= 4 is 89.0 Å². The van der Waals surface area contributed by atoms with Gasteiger partial charge in [0.1, 0.15) is 48.3 Å². The molecule has 0 spiro atoms. The van der Waals surface area contributed by atoms with Gasteiger partial charge in [-0.15, -0.1) is 0 Å². The number of carbonyl (C=O) groups excluding carboxylic acids is 9. The zero-order valence-corrected chi connectivity index (χ0v) is 55.0. The first-order valence-electron chi connectivity index (χ1n) is 31.7. The molecular formula is C62H97N17O18. The molecular weight excluding hydrogens is 1270 g/mol. The Hall–Kier alpha value is -10.0. The summed E-state index contributed by atoms with van der Waals surface area (Å²) in [7, 11) is 0. The van der Waals surface area contributed by atoms with Gasteiger partial charge in [0, 0.05) is 66.3 Å². The maximum atomic E-state index is 14.3. The summed E-state index contributed by atoms with van der Waals surface area (Å²) in [5, 5.41) is 58.4. The Kier molecular flexibility index (Phi) is 38.2. The number of aliphatic hydroxyl groups is 1. The van der Waals surface area contributed by atoms with Crippen molar-refractivity contribution in [2.45, 2.75) is 171 Å². The molecule has 3 aliphatic heterocycles. The zero-order chi connectivity index (χ0) is 72.7. The third kappa shape index (κ3) is 31.8. The first kappa shape index (κ1) is 83.1. The van der Waals surface area contributed by atoms with Crippen LogP contribution in [0.1, 0.15) is 115 Å². The van der Waals surface area contributed by atoms with Crippen LogP contribution in [0.15, 0.2) is 70.6 Å². The van der Waals surface area contributed by atoms with E-state index in [1.807, 2.05) is 0 Å². The molecule has 23 N–H and O–H groups in total. The van der Waals surface area contributed by atoms with Gasteiger partial charge in [0.15, 0.2) is 11.9 Å². The molecule has 3 fully saturated rings. The first-order chi connectivity index (χ1) is 45.9. The Morgan fingerprint density at radius 1 is 0.505 bits per heavy atom. The molecule has 0 radical (unpaired) electrons. The van der Waals surface area contributed by atoms with Gasteiger partial charge in [-0.2, -0.15) is 0 Å². The van der Waals surface area contributed by atoms with E-state index in [9.17, 15) is 58.2 Å². The minimum absolute atomic E-state index is 0.0304. The fourth-order valence-electron chi connectivity index (χ4n) is 10.6. The molecule has 35 heteroatoms. The number of nitrogens with two attached hydrogens (primary N) is 6. The van der Waals surface area contributed by atoms with Crippen LogP contribution in [-0.2, 0) is 75.2 Å². The SMILES string of the molecule is CC(=O)O.CC(=O)O.CC(=O)O.NCCCC[C@H](N)C(=O)N[C@@H](CCCN=C(N)N)C(=O)N1CCC[C@H]1C(=O)N1CCC[C@H]1C(=O)NCC(=O)N[C@@H](Cc1ccccc1)C(=O)N[C@@H](CO)C(=O)N1CCC[C@H]1C(=O)N[C@@H](Cc1ccccc1)C(=O)N[C@@H](CCCN=C(N)N)C(=O)O. The third-order valence-corrected chi connectivity index (χ3v) is 15.0. The fraction of sp³-hybridized carbons (Fsp3) is 0.565. The highest BCUT2D eigenvalue weighted by molar-refractivity contribution is 5.98. The van der Waals surface area contributed by atoms with Crippen LogP contribution < -0.4 is 66.3 Å². The number of carboxylic acid groups (broad SMARTS) is 4. The van der Waals surface area contributed by atoms with Crippen molar-refractivity contribution in [3.63, 3.8) is 0 Å². The summed E-state index contributed by atoms with van der Waals surface area (Å²) in [6, 6.07) is 6.55. The predicted molar refractivity (Wildman–Crippen MR) is 353 cm³/mol. The van der Waals surface area contributed by atoms with Gasteiger partial charge in [-0.3, -0.25) is 67.5 Å². The minimum atomic E-state index is -1.61. The summed E-state index contributed by atoms with van der Waals surface area (Å²) in [6.07, 6.45) is 4.09. The number of likely N-dealkylation sites (tertiary alicyclic amines) is 3. The summed E-state index contributed by atoms with van der Waals surface area (Å²) in [5.74, 6) is -10.4. The second-order valence-electron chi connectivity index (χ2n) is 22.9. The van der Waals surface area contributed by atoms with E-state index in [-0.39, 0.29) is 89.6 Å². The molecule has 0 unspecified atom stereocenters. The van der Waals surface area contributed by atoms with E-state index in [1.165, 1.54) is 14.7 Å². The second kappa shape index (κ2) is 44.6. The predicted octanol–water partition coefficient (Wildman–Crippen LogP) is -4.10. The topological polar surface area (TPSA) is 586 Å². The van der Waals surface area contributed by atoms with Gasteiger partial charge in [0.2, 0.25) is 53.2 Å². The molecule has 35 nitrogen and oxygen atoms in total. The van der Waals surface area contributed by atoms with Crippen LogP contribution >= 0.6 is 0 Å². The van der Waals surface area contributed by atoms with E-state index in [0.29, 0.717) is 69.0 Å². The summed E-state index contributed by atoms with van der Waals surface area (Å²) in [4.78, 5) is 177. The number of aliphatic imine (C=N–C) groups is 2. The van der Waals surface area contributed by atoms with E-state index in [2.05, 4.69) is 41.9 Å². The Labute approximate surface area is 561 Å². The van der Waals surface area contributed by atoms with E-state index in [4.69, 9.17) is 64.1 Å². The minimum Gasteiger partial charge on any atom is -0.481 e. The number of hydrogen-bond donors (Lipinski definition) is 17. The van der Waals surface area contributed by atoms with Gasteiger partial charge in [0.25, 0.3) is 17.9 Å². The molecule has 97 heavy (non-hydrogen) atoms. The highest BCUT2D eigenvalue weighted by Crippen LogP contribution is 2.27. The molecule has 9 atom stereocenters. The van der Waals surface area contributed by atoms with Gasteiger partial charge in [-0.25, -0.2) is 4.79 Å². The fourth-order valence-corrected chi connectivity index (χ4v) is 10.6. The molecule has 2 aromatic carbocycles. The number of carbonyl (C=O) groups is 13. The van der Waals surface area contributed by atoms with E-state index >= 15 is 0 Å². The number of aliphatic carboxylic acids is 4. The van der Waals surface area contributed by atoms with Crippen LogP contribution in [0.2, 0.25) is 0 Å². The number of nitrogens with one attached hydrogen (secondary N) is 6. The number of carboxylic acids is 4. The molecule has 3 saturated heterocycles. The molecule has 538 valence electrons. The highest BCUT2D eigenvalue weighted by Gasteiger charge is 2.44. The Balaban J connectivity index is 0.00000245. The average molecular weight is 1370 g/mol. The van der Waals surface area contributed by atoms with Crippen LogP contribution in [-0.4, -0.2) is 236 Å². The highest BCUT2D eigenvalue weighted by atomic mass is 16.4. The largest absolute Gasteiger partial charge is 0.481 e. The summed E-state index contributed by atoms with van der Waals surface area (Å²) < 4.78 is 0. The molecule has 0 bridgehead atoms. The van der Waals surface area contributed by atoms with E-state index < -0.39 is 145 Å². The number of nitrogens with zero attached hydrogens (tertiary/aromatic N) is 5. The van der Waals surface area contributed by atoms with E-state index in [0.717, 1.165) is 20.8 Å². The average Bonchev–Trinajstić information content (AvgIpc) is 1.70. The quantitative estimate of drug-likeness (QED) is 0.0183. The number of amides is 9. The smallest absolute Gasteiger partial charge is 0.326 e. The Morgan fingerprint density at radius 2 is 0.918 bits per heavy atom. The molecule has 0 aromatic heterocycles. The van der Waals surface area contributed by atoms with Crippen molar-refractivity contribution in [1.29, 1.82) is 0 Å². The number of unbranched alkanes of at least 4 members (excludes halogenated alkanes) is 1. The number of hydrogen-bond acceptors (Lipinski definition) is 18. The van der Waals surface area contributed by atoms with Crippen molar-refractivity contribution in [2.75, 3.05) is 52.4 Å². The van der Waals surface area contributed by atoms with Crippen LogP contribution in [0.25, 0.3) is 0 Å². The summed E-state index contributed by atoms with van der Waals surface area (Å²) >= 11 is 0. The maximum Gasteiger partial charge on any atom is 0.326 e. The molecule has 0 saturated carbocycles. The monoisotopic (exact) mass is 1370 g/mol. The lowest BCUT2D eigenvalue weighted by molar-refractivity contribution is -0.148. The molecule has 3 heterocycles. The molecule has 3 aliphatic rings. The van der Waals surface area contributed by atoms with Crippen molar-refractivity contribution in [1.82, 2.24) is 46.6 Å². The second-order valence-corrected chi connectivity index (χ2v) is 22.9. The van der Waals surface area contributed by atoms with Gasteiger partial charge in [-0.1, -0.05) is 67.1 Å². The normalized spacial score (nSPS) is 17.0. The number of guanidine groups is 2. The Morgan fingerprint density at radius 3 is 1.38 bits per heavy atom. The van der Waals surface area contributed by atoms with Gasteiger partial charge < -0.3 is 107 Å². The van der Waals surface area contributed by atoms with Crippen molar-refractivity contribution in [3.05, 3.63) is 71.8 Å². The third-order valence-electron chi connectivity index (χ3n) is 15.0. The number of aliphatic hydroxyl groups excluding tert-OH is 1. The molecule has 2 aromatic rings. The Bertz CT molecular complexity index is 2950. The van der Waals surface area contributed by atoms with Crippen molar-refractivity contribution in [2.24, 2.45) is 44.4 Å². The maximum absolute atomic E-state index is 14.3. The van der Waals surface area contributed by atoms with Crippen LogP contribution in [0.3, 0.4) is 0 Å². The van der Waals surface area contributed by atoms with Crippen molar-refractivity contribution < 1.29 is 87.9 Å². The first-order valence-corrected chi connectivity index (χ1v) is 31.7. The van der Waals surface area contributed by atoms with Gasteiger partial charge in [0.05, 0.1) is 19.2 Å². The lowest BCUT2D eigenvalue weighted by atomic mass is 10.0. The van der Waals surface area contributed by atoms with Crippen LogP contribution in [0, 0.1) is 0 Å². The standard InChI is InChI=1S/C56H85N17O12.3C2H4O2/c57-24-8-7-18-36(58)46(76)67-37(19-9-25-63-55(59)60)51(81)73-29-13-23-44(73)53(83)72-28-11-21-42(72)49(79)65-32-45(75)66-39(30-34-14-3-1-4-15-34)47(77)70-41(33-74)52(82)71-27-12-22-43(71)50(80)69-40(31-35-16-5-2-6-17-35)48(78)68-38(54(84)85)20-10-26-64-56(61)62;3*1-2(3)4/h1-6,14-17,36-44,74H,7-13,18-33,57-58H2,(H,65,79)(H,66,75)(H,67,76)(H,68,78)(H,69,80)(H,70,77)(H,84,85)(H4,59,60,63)(H4,61,62,64);3*1H3,(H,3,4)/t36-,37-,38-,39-,40-,41-,42-,43-,44-;;;/m0.../s1. The molecule has 5 rings (SSSR count). The van der Waals surface area contributed by atoms with E-state index in [1.54, 1.807) is 60.7 Å². The van der Waals surface area contributed by atoms with Gasteiger partial charge >= 0.3 is 5.97 Å². The number of benzene rings is 2. The van der Waals surface area contributed by atoms with Gasteiger partial charge in [-0.05, 0) is 94.7 Å². The lowest BCUT2D eigenvalue weighted by Crippen LogP contribution is -2.60. The van der Waals surface area contributed by atoms with Crippen molar-refractivity contribution in [3.8, 4) is 0 Å². The van der Waals surface area contributed by atoms with Crippen LogP contribution in [0.4, 0.5) is 0 Å². The molecule has 0 aliphatic carbocycles. The summed E-state index contributed by atoms with van der Waals surface area (Å²) in [6.45, 7) is 2.87. The lowest BCUT2D eigenvalue weighted by Gasteiger charge is -2.33. The number of rotatable bonds is 33. The summed E-state index contributed by atoms with van der Waals surface area (Å²) in [5.41, 5.74) is 34.7. The molecule has 9 amide bonds.